The van der Waals surface area contributed by atoms with Crippen molar-refractivity contribution >= 4 is 17.7 Å². The summed E-state index contributed by atoms with van der Waals surface area (Å²) >= 11 is 0. The number of rotatable bonds is 13. The average molecular weight is 620 g/mol. The molecule has 0 saturated carbocycles. The van der Waals surface area contributed by atoms with Crippen LogP contribution in [0.1, 0.15) is 69.8 Å². The fourth-order valence-corrected chi connectivity index (χ4v) is 4.63. The average Bonchev–Trinajstić information content (AvgIpc) is 2.95. The lowest BCUT2D eigenvalue weighted by molar-refractivity contribution is -0.140. The molecule has 2 N–H and O–H groups in total. The Balaban J connectivity index is 1.87. The summed E-state index contributed by atoms with van der Waals surface area (Å²) in [5.41, 5.74) is 1.72. The number of halogens is 4. The van der Waals surface area contributed by atoms with E-state index in [1.54, 1.807) is 13.0 Å². The zero-order valence-electron chi connectivity index (χ0n) is 24.6. The Hall–Kier alpha value is -4.55. The van der Waals surface area contributed by atoms with Gasteiger partial charge < -0.3 is 15.2 Å². The zero-order chi connectivity index (χ0) is 32.8. The van der Waals surface area contributed by atoms with Crippen LogP contribution >= 0.6 is 0 Å². The minimum Gasteiger partial charge on any atom is -0.481 e. The number of carboxylic acid groups (broad SMARTS) is 1. The molecule has 0 bridgehead atoms. The predicted octanol–water partition coefficient (Wildman–Crippen LogP) is 4.64. The number of aliphatic carboxylic acids is 1. The van der Waals surface area contributed by atoms with E-state index in [9.17, 15) is 41.8 Å². The summed E-state index contributed by atoms with van der Waals surface area (Å²) in [6, 6.07) is 7.46. The second-order valence-corrected chi connectivity index (χ2v) is 11.2. The van der Waals surface area contributed by atoms with Gasteiger partial charge in [0.15, 0.2) is 23.2 Å². The topological polar surface area (TPSA) is 128 Å². The number of nitrogens with one attached hydrogen (secondary N) is 1. The molecular weight excluding hydrogens is 586 g/mol. The van der Waals surface area contributed by atoms with Crippen LogP contribution in [-0.4, -0.2) is 45.2 Å². The Labute approximate surface area is 250 Å². The molecule has 0 aliphatic heterocycles. The van der Waals surface area contributed by atoms with E-state index in [0.29, 0.717) is 18.5 Å². The highest BCUT2D eigenvalue weighted by molar-refractivity contribution is 5.93. The van der Waals surface area contributed by atoms with Crippen molar-refractivity contribution < 1.29 is 41.8 Å². The molecule has 0 saturated heterocycles. The van der Waals surface area contributed by atoms with Gasteiger partial charge in [-0.3, -0.25) is 19.2 Å². The molecule has 0 fully saturated rings. The minimum atomic E-state index is -1.89. The number of hydrogen-bond donors (Lipinski definition) is 2. The normalized spacial score (nSPS) is 12.8. The molecule has 13 heteroatoms. The first-order chi connectivity index (χ1) is 20.6. The number of Topliss-reactive ketones (excluding diaryl/α,β-unsaturated/α-hetero) is 1. The minimum absolute atomic E-state index is 0.0466. The molecule has 3 rings (SSSR count). The van der Waals surface area contributed by atoms with Gasteiger partial charge in [-0.15, -0.1) is 0 Å². The first kappa shape index (κ1) is 33.9. The highest BCUT2D eigenvalue weighted by Gasteiger charge is 2.31. The highest BCUT2D eigenvalue weighted by atomic mass is 19.2. The molecule has 1 amide bonds. The Morgan fingerprint density at radius 2 is 1.66 bits per heavy atom. The molecule has 0 aliphatic carbocycles. The molecule has 3 aromatic rings. The van der Waals surface area contributed by atoms with E-state index < -0.39 is 77.3 Å². The maximum atomic E-state index is 14.0. The predicted molar refractivity (Wildman–Crippen MR) is 151 cm³/mol. The SMILES string of the molecule is CCCC(C(=O)N[C@@H](CC(=O)O)C(=O)COc1c(F)c(F)cc(F)c1F)n1nc(Cc2ccccc2C(C)(C)C)ccc1=O. The van der Waals surface area contributed by atoms with Crippen LogP contribution < -0.4 is 15.6 Å². The Morgan fingerprint density at radius 1 is 1.02 bits per heavy atom. The molecule has 44 heavy (non-hydrogen) atoms. The van der Waals surface area contributed by atoms with Crippen LogP contribution in [0.4, 0.5) is 17.6 Å². The van der Waals surface area contributed by atoms with Gasteiger partial charge in [-0.05, 0) is 29.0 Å². The van der Waals surface area contributed by atoms with Crippen molar-refractivity contribution in [3.8, 4) is 5.75 Å². The van der Waals surface area contributed by atoms with E-state index in [2.05, 4.69) is 35.9 Å². The van der Waals surface area contributed by atoms with E-state index in [-0.39, 0.29) is 17.9 Å². The third-order valence-electron chi connectivity index (χ3n) is 6.75. The first-order valence-corrected chi connectivity index (χ1v) is 13.8. The Bertz CT molecular complexity index is 1580. The number of carboxylic acids is 1. The molecule has 2 atom stereocenters. The van der Waals surface area contributed by atoms with Gasteiger partial charge in [0.25, 0.3) is 5.56 Å². The number of aromatic nitrogens is 2. The summed E-state index contributed by atoms with van der Waals surface area (Å²) in [7, 11) is 0. The van der Waals surface area contributed by atoms with E-state index >= 15 is 0 Å². The summed E-state index contributed by atoms with van der Waals surface area (Å²) in [5.74, 6) is -12.4. The van der Waals surface area contributed by atoms with E-state index in [4.69, 9.17) is 0 Å². The van der Waals surface area contributed by atoms with Crippen molar-refractivity contribution in [3.63, 3.8) is 0 Å². The third-order valence-corrected chi connectivity index (χ3v) is 6.75. The maximum Gasteiger partial charge on any atom is 0.305 e. The lowest BCUT2D eigenvalue weighted by Gasteiger charge is -2.24. The van der Waals surface area contributed by atoms with Crippen LogP contribution in [0.2, 0.25) is 0 Å². The fraction of sp³-hybridized carbons (Fsp3) is 0.387. The van der Waals surface area contributed by atoms with Gasteiger partial charge in [-0.1, -0.05) is 58.4 Å². The number of ketones is 1. The maximum absolute atomic E-state index is 14.0. The zero-order valence-corrected chi connectivity index (χ0v) is 24.6. The van der Waals surface area contributed by atoms with Crippen LogP contribution in [0, 0.1) is 23.3 Å². The smallest absolute Gasteiger partial charge is 0.305 e. The van der Waals surface area contributed by atoms with Gasteiger partial charge in [0.1, 0.15) is 18.7 Å². The van der Waals surface area contributed by atoms with Crippen LogP contribution in [0.15, 0.2) is 47.3 Å². The van der Waals surface area contributed by atoms with Gasteiger partial charge >= 0.3 is 5.97 Å². The van der Waals surface area contributed by atoms with Gasteiger partial charge in [-0.2, -0.15) is 13.9 Å². The summed E-state index contributed by atoms with van der Waals surface area (Å²) in [6.07, 6.45) is -0.126. The van der Waals surface area contributed by atoms with Crippen molar-refractivity contribution in [2.45, 2.75) is 70.9 Å². The van der Waals surface area contributed by atoms with Crippen LogP contribution in [0.25, 0.3) is 0 Å². The number of hydrogen-bond acceptors (Lipinski definition) is 6. The van der Waals surface area contributed by atoms with Gasteiger partial charge in [0.2, 0.25) is 17.5 Å². The lowest BCUT2D eigenvalue weighted by atomic mass is 9.82. The Kier molecular flexibility index (Phi) is 11.0. The number of carbonyl (C=O) groups excluding carboxylic acids is 2. The summed E-state index contributed by atoms with van der Waals surface area (Å²) in [6.45, 7) is 6.69. The summed E-state index contributed by atoms with van der Waals surface area (Å²) < 4.78 is 60.6. The van der Waals surface area contributed by atoms with Crippen molar-refractivity contribution in [1.82, 2.24) is 15.1 Å². The number of amides is 1. The number of nitrogens with zero attached hydrogens (tertiary/aromatic N) is 2. The van der Waals surface area contributed by atoms with Crippen molar-refractivity contribution in [1.29, 1.82) is 0 Å². The first-order valence-electron chi connectivity index (χ1n) is 13.8. The highest BCUT2D eigenvalue weighted by Crippen LogP contribution is 2.28. The third kappa shape index (κ3) is 8.29. The van der Waals surface area contributed by atoms with Gasteiger partial charge in [0.05, 0.1) is 12.1 Å². The monoisotopic (exact) mass is 619 g/mol. The van der Waals surface area contributed by atoms with E-state index in [0.717, 1.165) is 15.8 Å². The standard InChI is InChI=1S/C31H33F4N3O6/c1-5-8-23(38-25(40)12-11-18(37-38)13-17-9-6-7-10-19(17)31(2,3)4)30(43)36-22(15-26(41)42)24(39)16-44-29-27(34)20(32)14-21(33)28(29)35/h6-7,9-12,14,22-23H,5,8,13,15-16H2,1-4H3,(H,36,43)(H,41,42)/t22-,23?/m0/s1. The van der Waals surface area contributed by atoms with Gasteiger partial charge in [0, 0.05) is 18.6 Å². The Morgan fingerprint density at radius 3 is 2.25 bits per heavy atom. The second-order valence-electron chi connectivity index (χ2n) is 11.2. The number of benzene rings is 2. The molecule has 236 valence electrons. The van der Waals surface area contributed by atoms with Crippen LogP contribution in [-0.2, 0) is 26.2 Å². The van der Waals surface area contributed by atoms with Gasteiger partial charge in [-0.25, -0.2) is 13.5 Å². The molecule has 0 spiro atoms. The molecule has 1 heterocycles. The molecule has 1 unspecified atom stereocenters. The van der Waals surface area contributed by atoms with Crippen molar-refractivity contribution in [3.05, 3.63) is 92.9 Å². The molecule has 1 aromatic heterocycles. The fourth-order valence-electron chi connectivity index (χ4n) is 4.63. The second kappa shape index (κ2) is 14.3. The molecule has 0 radical (unpaired) electrons. The molecule has 0 aliphatic rings. The van der Waals surface area contributed by atoms with Crippen LogP contribution in [0.5, 0.6) is 5.75 Å². The number of ether oxygens (including phenoxy) is 1. The summed E-state index contributed by atoms with van der Waals surface area (Å²) in [5, 5.41) is 16.0. The van der Waals surface area contributed by atoms with E-state index in [1.807, 2.05) is 24.3 Å². The largest absolute Gasteiger partial charge is 0.481 e. The number of carbonyl (C=O) groups is 3. The molecule has 2 aromatic carbocycles. The molecule has 9 nitrogen and oxygen atoms in total. The quantitative estimate of drug-likeness (QED) is 0.211. The van der Waals surface area contributed by atoms with E-state index in [1.165, 1.54) is 6.07 Å². The molecular formula is C31H33F4N3O6. The van der Waals surface area contributed by atoms with Crippen molar-refractivity contribution in [2.24, 2.45) is 0 Å². The van der Waals surface area contributed by atoms with Crippen molar-refractivity contribution in [2.75, 3.05) is 6.61 Å². The lowest BCUT2D eigenvalue weighted by Crippen LogP contribution is -2.48. The van der Waals surface area contributed by atoms with Crippen LogP contribution in [0.3, 0.4) is 0 Å². The summed E-state index contributed by atoms with van der Waals surface area (Å²) in [4.78, 5) is 50.5.